The van der Waals surface area contributed by atoms with Gasteiger partial charge in [-0.3, -0.25) is 0 Å². The van der Waals surface area contributed by atoms with Crippen molar-refractivity contribution in [1.82, 2.24) is 10.4 Å². The van der Waals surface area contributed by atoms with Gasteiger partial charge in [0, 0.05) is 26.6 Å². The second-order valence-corrected chi connectivity index (χ2v) is 5.09. The number of hydroxylamine groups is 1. The molecule has 0 bridgehead atoms. The van der Waals surface area contributed by atoms with Gasteiger partial charge in [0.15, 0.2) is 6.29 Å². The van der Waals surface area contributed by atoms with E-state index >= 15 is 0 Å². The first kappa shape index (κ1) is 13.3. The summed E-state index contributed by atoms with van der Waals surface area (Å²) in [6.45, 7) is 1.27. The molecule has 0 aromatic carbocycles. The van der Waals surface area contributed by atoms with Crippen LogP contribution in [0.2, 0.25) is 0 Å². The SMILES string of the molecule is CN(Cc1ccsc1)C(=O)NOC1CCCCO1. The molecule has 1 unspecified atom stereocenters. The van der Waals surface area contributed by atoms with E-state index in [9.17, 15) is 4.79 Å². The molecule has 1 saturated heterocycles. The standard InChI is InChI=1S/C12H18N2O3S/c1-14(8-10-5-7-18-9-10)12(15)13-17-11-4-2-3-6-16-11/h5,7,9,11H,2-4,6,8H2,1H3,(H,13,15). The molecule has 6 heteroatoms. The molecule has 1 aliphatic heterocycles. The minimum absolute atomic E-state index is 0.254. The zero-order chi connectivity index (χ0) is 12.8. The minimum Gasteiger partial charge on any atom is -0.350 e. The number of ether oxygens (including phenoxy) is 1. The van der Waals surface area contributed by atoms with E-state index in [2.05, 4.69) is 5.48 Å². The van der Waals surface area contributed by atoms with E-state index in [-0.39, 0.29) is 12.3 Å². The molecule has 0 aliphatic carbocycles. The minimum atomic E-state index is -0.308. The summed E-state index contributed by atoms with van der Waals surface area (Å²) in [5, 5.41) is 4.02. The van der Waals surface area contributed by atoms with Crippen LogP contribution < -0.4 is 5.48 Å². The fourth-order valence-corrected chi connectivity index (χ4v) is 2.39. The number of rotatable bonds is 4. The van der Waals surface area contributed by atoms with Crippen molar-refractivity contribution in [3.63, 3.8) is 0 Å². The largest absolute Gasteiger partial charge is 0.350 e. The third kappa shape index (κ3) is 3.97. The molecular formula is C12H18N2O3S. The molecule has 0 radical (unpaired) electrons. The van der Waals surface area contributed by atoms with Crippen LogP contribution in [0.4, 0.5) is 4.79 Å². The smallest absolute Gasteiger partial charge is 0.341 e. The Morgan fingerprint density at radius 1 is 1.67 bits per heavy atom. The average Bonchev–Trinajstić information content (AvgIpc) is 2.90. The Morgan fingerprint density at radius 2 is 2.56 bits per heavy atom. The van der Waals surface area contributed by atoms with Crippen molar-refractivity contribution in [2.75, 3.05) is 13.7 Å². The highest BCUT2D eigenvalue weighted by molar-refractivity contribution is 7.07. The van der Waals surface area contributed by atoms with Crippen LogP contribution in [0, 0.1) is 0 Å². The lowest BCUT2D eigenvalue weighted by molar-refractivity contribution is -0.187. The third-order valence-corrected chi connectivity index (χ3v) is 3.49. The number of nitrogens with one attached hydrogen (secondary N) is 1. The van der Waals surface area contributed by atoms with E-state index in [1.165, 1.54) is 0 Å². The third-order valence-electron chi connectivity index (χ3n) is 2.76. The number of urea groups is 1. The van der Waals surface area contributed by atoms with Crippen molar-refractivity contribution in [2.24, 2.45) is 0 Å². The van der Waals surface area contributed by atoms with Gasteiger partial charge >= 0.3 is 6.03 Å². The van der Waals surface area contributed by atoms with Crippen LogP contribution in [0.25, 0.3) is 0 Å². The molecule has 0 saturated carbocycles. The Balaban J connectivity index is 1.70. The number of thiophene rings is 1. The fourth-order valence-electron chi connectivity index (χ4n) is 1.73. The highest BCUT2D eigenvalue weighted by Crippen LogP contribution is 2.13. The van der Waals surface area contributed by atoms with Crippen LogP contribution >= 0.6 is 11.3 Å². The molecule has 0 spiro atoms. The van der Waals surface area contributed by atoms with Crippen LogP contribution in [0.1, 0.15) is 24.8 Å². The summed E-state index contributed by atoms with van der Waals surface area (Å²) in [7, 11) is 1.73. The first-order chi connectivity index (χ1) is 8.75. The van der Waals surface area contributed by atoms with Crippen molar-refractivity contribution in [3.8, 4) is 0 Å². The summed E-state index contributed by atoms with van der Waals surface area (Å²) < 4.78 is 5.36. The number of carbonyl (C=O) groups is 1. The van der Waals surface area contributed by atoms with Gasteiger partial charge in [0.25, 0.3) is 0 Å². The molecule has 1 fully saturated rings. The molecule has 5 nitrogen and oxygen atoms in total. The van der Waals surface area contributed by atoms with Crippen molar-refractivity contribution in [1.29, 1.82) is 0 Å². The first-order valence-corrected chi connectivity index (χ1v) is 6.99. The van der Waals surface area contributed by atoms with Crippen molar-refractivity contribution in [3.05, 3.63) is 22.4 Å². The number of amides is 2. The summed E-state index contributed by atoms with van der Waals surface area (Å²) in [6, 6.07) is 1.75. The normalized spacial score (nSPS) is 19.5. The summed E-state index contributed by atoms with van der Waals surface area (Å²) in [5.74, 6) is 0. The van der Waals surface area contributed by atoms with Crippen molar-refractivity contribution in [2.45, 2.75) is 32.1 Å². The predicted molar refractivity (Wildman–Crippen MR) is 69.0 cm³/mol. The Kier molecular flexibility index (Phi) is 4.98. The summed E-state index contributed by atoms with van der Waals surface area (Å²) in [5.41, 5.74) is 3.55. The van der Waals surface area contributed by atoms with Crippen molar-refractivity contribution < 1.29 is 14.4 Å². The van der Waals surface area contributed by atoms with Gasteiger partial charge < -0.3 is 9.64 Å². The fraction of sp³-hybridized carbons (Fsp3) is 0.583. The van der Waals surface area contributed by atoms with Gasteiger partial charge in [-0.25, -0.2) is 15.1 Å². The molecule has 1 N–H and O–H groups in total. The lowest BCUT2D eigenvalue weighted by atomic mass is 10.2. The van der Waals surface area contributed by atoms with E-state index in [1.807, 2.05) is 16.8 Å². The number of hydrogen-bond donors (Lipinski definition) is 1. The van der Waals surface area contributed by atoms with Crippen LogP contribution in [0.5, 0.6) is 0 Å². The highest BCUT2D eigenvalue weighted by Gasteiger charge is 2.17. The Morgan fingerprint density at radius 3 is 3.22 bits per heavy atom. The maximum atomic E-state index is 11.7. The monoisotopic (exact) mass is 270 g/mol. The number of nitrogens with zero attached hydrogens (tertiary/aromatic N) is 1. The van der Waals surface area contributed by atoms with E-state index in [4.69, 9.17) is 9.57 Å². The van der Waals surface area contributed by atoms with E-state index in [0.717, 1.165) is 24.8 Å². The van der Waals surface area contributed by atoms with Crippen LogP contribution in [-0.2, 0) is 16.1 Å². The molecule has 2 rings (SSSR count). The van der Waals surface area contributed by atoms with Gasteiger partial charge in [-0.2, -0.15) is 11.3 Å². The molecule has 100 valence electrons. The molecule has 1 aliphatic rings. The van der Waals surface area contributed by atoms with Gasteiger partial charge in [0.05, 0.1) is 0 Å². The number of hydrogen-bond acceptors (Lipinski definition) is 4. The molecule has 18 heavy (non-hydrogen) atoms. The second-order valence-electron chi connectivity index (χ2n) is 4.31. The molecule has 1 atom stereocenters. The zero-order valence-corrected chi connectivity index (χ0v) is 11.2. The van der Waals surface area contributed by atoms with E-state index < -0.39 is 0 Å². The van der Waals surface area contributed by atoms with E-state index in [0.29, 0.717) is 13.2 Å². The van der Waals surface area contributed by atoms with E-state index in [1.54, 1.807) is 23.3 Å². The maximum Gasteiger partial charge on any atom is 0.341 e. The maximum absolute atomic E-state index is 11.7. The van der Waals surface area contributed by atoms with Crippen LogP contribution in [0.3, 0.4) is 0 Å². The van der Waals surface area contributed by atoms with Crippen LogP contribution in [-0.4, -0.2) is 30.9 Å². The molecule has 1 aromatic rings. The molecule has 1 aromatic heterocycles. The van der Waals surface area contributed by atoms with Gasteiger partial charge in [-0.1, -0.05) is 0 Å². The Labute approximate surface area is 111 Å². The lowest BCUT2D eigenvalue weighted by Gasteiger charge is -2.24. The summed E-state index contributed by atoms with van der Waals surface area (Å²) in [4.78, 5) is 18.5. The Bertz CT molecular complexity index is 363. The quantitative estimate of drug-likeness (QED) is 0.854. The molecule has 2 heterocycles. The molecule has 2 amide bonds. The summed E-state index contributed by atoms with van der Waals surface area (Å²) in [6.07, 6.45) is 2.66. The van der Waals surface area contributed by atoms with Crippen LogP contribution in [0.15, 0.2) is 16.8 Å². The Hall–Kier alpha value is -1.11. The van der Waals surface area contributed by atoms with Gasteiger partial charge in [0.2, 0.25) is 0 Å². The predicted octanol–water partition coefficient (Wildman–Crippen LogP) is 2.35. The van der Waals surface area contributed by atoms with Gasteiger partial charge in [0.1, 0.15) is 0 Å². The van der Waals surface area contributed by atoms with Gasteiger partial charge in [-0.15, -0.1) is 0 Å². The molecular weight excluding hydrogens is 252 g/mol. The number of carbonyl (C=O) groups excluding carboxylic acids is 1. The van der Waals surface area contributed by atoms with Crippen molar-refractivity contribution >= 4 is 17.4 Å². The summed E-state index contributed by atoms with van der Waals surface area (Å²) >= 11 is 1.62. The topological polar surface area (TPSA) is 50.8 Å². The first-order valence-electron chi connectivity index (χ1n) is 6.05. The lowest BCUT2D eigenvalue weighted by Crippen LogP contribution is -2.40. The highest BCUT2D eigenvalue weighted by atomic mass is 32.1. The van der Waals surface area contributed by atoms with Gasteiger partial charge in [-0.05, 0) is 35.2 Å². The second kappa shape index (κ2) is 6.72. The average molecular weight is 270 g/mol. The zero-order valence-electron chi connectivity index (χ0n) is 10.4.